The largest absolute Gasteiger partial charge is 0.376 e. The smallest absolute Gasteiger partial charge is 0.173 e. The van der Waals surface area contributed by atoms with Crippen LogP contribution in [0.4, 0.5) is 10.1 Å². The van der Waals surface area contributed by atoms with Crippen LogP contribution in [0.25, 0.3) is 0 Å². The van der Waals surface area contributed by atoms with Gasteiger partial charge in [0.1, 0.15) is 5.82 Å². The molecule has 1 heterocycles. The lowest BCUT2D eigenvalue weighted by molar-refractivity contribution is 0.0905. The predicted octanol–water partition coefficient (Wildman–Crippen LogP) is 4.41. The standard InChI is InChI=1S/C21H23FN2O2S/c1-15(25)17-7-9-19(10-8-17)23-21(27)24(14-20-6-3-11-26-20)13-16-4-2-5-18(22)12-16/h2,4-5,7-10,12,20H,3,6,11,13-14H2,1H3,(H,23,27). The third-order valence-electron chi connectivity index (χ3n) is 4.54. The quantitative estimate of drug-likeness (QED) is 0.588. The van der Waals surface area contributed by atoms with Crippen molar-refractivity contribution in [3.05, 3.63) is 65.5 Å². The number of benzene rings is 2. The summed E-state index contributed by atoms with van der Waals surface area (Å²) in [5.41, 5.74) is 2.31. The van der Waals surface area contributed by atoms with Crippen molar-refractivity contribution < 1.29 is 13.9 Å². The normalized spacial score (nSPS) is 16.1. The van der Waals surface area contributed by atoms with Gasteiger partial charge in [-0.3, -0.25) is 4.79 Å². The molecule has 0 saturated carbocycles. The minimum absolute atomic E-state index is 0.0234. The summed E-state index contributed by atoms with van der Waals surface area (Å²) >= 11 is 5.61. The second-order valence-corrected chi connectivity index (χ2v) is 7.10. The summed E-state index contributed by atoms with van der Waals surface area (Å²) in [5.74, 6) is -0.237. The average molecular weight is 386 g/mol. The van der Waals surface area contributed by atoms with Gasteiger partial charge in [0.2, 0.25) is 0 Å². The van der Waals surface area contributed by atoms with E-state index in [0.29, 0.717) is 23.8 Å². The Hall–Kier alpha value is -2.31. The minimum Gasteiger partial charge on any atom is -0.376 e. The van der Waals surface area contributed by atoms with Gasteiger partial charge in [-0.2, -0.15) is 0 Å². The first-order chi connectivity index (χ1) is 13.0. The molecule has 0 amide bonds. The van der Waals surface area contributed by atoms with Gasteiger partial charge in [-0.05, 0) is 73.9 Å². The van der Waals surface area contributed by atoms with E-state index in [0.717, 1.165) is 30.7 Å². The molecule has 27 heavy (non-hydrogen) atoms. The molecule has 0 spiro atoms. The number of carbonyl (C=O) groups excluding carboxylic acids is 1. The first-order valence-corrected chi connectivity index (χ1v) is 9.45. The van der Waals surface area contributed by atoms with Gasteiger partial charge in [0.15, 0.2) is 10.9 Å². The maximum absolute atomic E-state index is 13.6. The fourth-order valence-electron chi connectivity index (χ4n) is 3.10. The highest BCUT2D eigenvalue weighted by Gasteiger charge is 2.21. The topological polar surface area (TPSA) is 41.6 Å². The van der Waals surface area contributed by atoms with Crippen molar-refractivity contribution in [1.29, 1.82) is 0 Å². The summed E-state index contributed by atoms with van der Waals surface area (Å²) in [7, 11) is 0. The molecule has 3 rings (SSSR count). The number of halogens is 1. The van der Waals surface area contributed by atoms with Crippen LogP contribution >= 0.6 is 12.2 Å². The lowest BCUT2D eigenvalue weighted by atomic mass is 10.1. The van der Waals surface area contributed by atoms with Gasteiger partial charge >= 0.3 is 0 Å². The molecule has 4 nitrogen and oxygen atoms in total. The molecule has 2 aromatic rings. The lowest BCUT2D eigenvalue weighted by Crippen LogP contribution is -2.39. The Labute approximate surface area is 164 Å². The van der Waals surface area contributed by atoms with E-state index in [2.05, 4.69) is 5.32 Å². The molecular weight excluding hydrogens is 363 g/mol. The fraction of sp³-hybridized carbons (Fsp3) is 0.333. The molecule has 1 aliphatic rings. The molecule has 6 heteroatoms. The van der Waals surface area contributed by atoms with Gasteiger partial charge in [-0.25, -0.2) is 4.39 Å². The maximum Gasteiger partial charge on any atom is 0.173 e. The summed E-state index contributed by atoms with van der Waals surface area (Å²) in [6.07, 6.45) is 2.17. The third kappa shape index (κ3) is 5.58. The zero-order valence-electron chi connectivity index (χ0n) is 15.3. The number of rotatable bonds is 6. The number of ketones is 1. The van der Waals surface area contributed by atoms with E-state index in [1.165, 1.54) is 19.1 Å². The van der Waals surface area contributed by atoms with Crippen molar-refractivity contribution in [3.63, 3.8) is 0 Å². The molecule has 1 saturated heterocycles. The van der Waals surface area contributed by atoms with Crippen molar-refractivity contribution >= 4 is 28.8 Å². The number of anilines is 1. The molecule has 1 aliphatic heterocycles. The highest BCUT2D eigenvalue weighted by molar-refractivity contribution is 7.80. The number of nitrogens with one attached hydrogen (secondary N) is 1. The first kappa shape index (κ1) is 19.5. The lowest BCUT2D eigenvalue weighted by Gasteiger charge is -2.28. The molecule has 0 aliphatic carbocycles. The fourth-order valence-corrected chi connectivity index (χ4v) is 3.36. The second-order valence-electron chi connectivity index (χ2n) is 6.71. The molecule has 1 N–H and O–H groups in total. The van der Waals surface area contributed by atoms with E-state index in [1.807, 2.05) is 23.1 Å². The van der Waals surface area contributed by atoms with Crippen LogP contribution in [-0.4, -0.2) is 35.1 Å². The monoisotopic (exact) mass is 386 g/mol. The molecular formula is C21H23FN2O2S. The first-order valence-electron chi connectivity index (χ1n) is 9.04. The molecule has 2 aromatic carbocycles. The van der Waals surface area contributed by atoms with Crippen LogP contribution in [0, 0.1) is 5.82 Å². The molecule has 142 valence electrons. The summed E-state index contributed by atoms with van der Waals surface area (Å²) in [6, 6.07) is 13.7. The Morgan fingerprint density at radius 3 is 2.70 bits per heavy atom. The van der Waals surface area contributed by atoms with E-state index in [-0.39, 0.29) is 17.7 Å². The van der Waals surface area contributed by atoms with Crippen LogP contribution in [0.3, 0.4) is 0 Å². The molecule has 0 aromatic heterocycles. The minimum atomic E-state index is -0.261. The van der Waals surface area contributed by atoms with Crippen LogP contribution < -0.4 is 5.32 Å². The summed E-state index contributed by atoms with van der Waals surface area (Å²) in [6.45, 7) is 3.45. The zero-order chi connectivity index (χ0) is 19.2. The highest BCUT2D eigenvalue weighted by atomic mass is 32.1. The number of hydrogen-bond donors (Lipinski definition) is 1. The number of carbonyl (C=O) groups is 1. The van der Waals surface area contributed by atoms with Crippen molar-refractivity contribution in [2.24, 2.45) is 0 Å². The Morgan fingerprint density at radius 2 is 2.07 bits per heavy atom. The van der Waals surface area contributed by atoms with Crippen molar-refractivity contribution in [2.45, 2.75) is 32.4 Å². The molecule has 0 bridgehead atoms. The number of Topliss-reactive ketones (excluding diaryl/α,β-unsaturated/α-hetero) is 1. The van der Waals surface area contributed by atoms with E-state index < -0.39 is 0 Å². The van der Waals surface area contributed by atoms with Gasteiger partial charge in [0.25, 0.3) is 0 Å². The van der Waals surface area contributed by atoms with Crippen molar-refractivity contribution in [3.8, 4) is 0 Å². The number of hydrogen-bond acceptors (Lipinski definition) is 3. The van der Waals surface area contributed by atoms with Gasteiger partial charge in [0, 0.05) is 30.9 Å². The zero-order valence-corrected chi connectivity index (χ0v) is 16.1. The van der Waals surface area contributed by atoms with Crippen LogP contribution in [0.2, 0.25) is 0 Å². The highest BCUT2D eigenvalue weighted by Crippen LogP contribution is 2.18. The molecule has 0 radical (unpaired) electrons. The number of ether oxygens (including phenoxy) is 1. The number of thiocarbonyl (C=S) groups is 1. The van der Waals surface area contributed by atoms with E-state index in [1.54, 1.807) is 18.2 Å². The molecule has 1 fully saturated rings. The summed E-state index contributed by atoms with van der Waals surface area (Å²) < 4.78 is 19.3. The van der Waals surface area contributed by atoms with Gasteiger partial charge in [0.05, 0.1) is 6.10 Å². The van der Waals surface area contributed by atoms with Gasteiger partial charge in [-0.15, -0.1) is 0 Å². The summed E-state index contributed by atoms with van der Waals surface area (Å²) in [4.78, 5) is 13.4. The Kier molecular flexibility index (Phi) is 6.53. The Balaban J connectivity index is 1.71. The maximum atomic E-state index is 13.6. The van der Waals surface area contributed by atoms with Crippen LogP contribution in [0.1, 0.15) is 35.7 Å². The predicted molar refractivity (Wildman–Crippen MR) is 108 cm³/mol. The van der Waals surface area contributed by atoms with Crippen molar-refractivity contribution in [2.75, 3.05) is 18.5 Å². The van der Waals surface area contributed by atoms with Gasteiger partial charge in [-0.1, -0.05) is 12.1 Å². The van der Waals surface area contributed by atoms with Crippen LogP contribution in [0.15, 0.2) is 48.5 Å². The Bertz CT molecular complexity index is 804. The molecule has 1 atom stereocenters. The Morgan fingerprint density at radius 1 is 1.30 bits per heavy atom. The van der Waals surface area contributed by atoms with Crippen LogP contribution in [0.5, 0.6) is 0 Å². The van der Waals surface area contributed by atoms with E-state index in [4.69, 9.17) is 17.0 Å². The SMILES string of the molecule is CC(=O)c1ccc(NC(=S)N(Cc2cccc(F)c2)CC2CCCO2)cc1. The molecule has 1 unspecified atom stereocenters. The average Bonchev–Trinajstić information content (AvgIpc) is 3.15. The third-order valence-corrected chi connectivity index (χ3v) is 4.90. The van der Waals surface area contributed by atoms with Crippen molar-refractivity contribution in [1.82, 2.24) is 4.90 Å². The number of nitrogens with zero attached hydrogens (tertiary/aromatic N) is 1. The van der Waals surface area contributed by atoms with E-state index in [9.17, 15) is 9.18 Å². The second kappa shape index (κ2) is 9.06. The van der Waals surface area contributed by atoms with Gasteiger partial charge < -0.3 is 15.0 Å². The van der Waals surface area contributed by atoms with E-state index >= 15 is 0 Å². The summed E-state index contributed by atoms with van der Waals surface area (Å²) in [5, 5.41) is 3.76. The van der Waals surface area contributed by atoms with Crippen LogP contribution in [-0.2, 0) is 11.3 Å².